The summed E-state index contributed by atoms with van der Waals surface area (Å²) in [7, 11) is 4.04. The SMILES string of the molecule is CCc1ccc(C(CNC(=O)CCN)N(C)C)cc1. The van der Waals surface area contributed by atoms with Crippen LogP contribution in [-0.4, -0.2) is 38.0 Å². The number of carbonyl (C=O) groups is 1. The molecule has 0 heterocycles. The van der Waals surface area contributed by atoms with Crippen molar-refractivity contribution in [1.29, 1.82) is 0 Å². The summed E-state index contributed by atoms with van der Waals surface area (Å²) in [6.07, 6.45) is 1.43. The van der Waals surface area contributed by atoms with Gasteiger partial charge in [0.15, 0.2) is 0 Å². The Morgan fingerprint density at radius 3 is 2.42 bits per heavy atom. The van der Waals surface area contributed by atoms with Crippen LogP contribution in [0.4, 0.5) is 0 Å². The van der Waals surface area contributed by atoms with E-state index in [2.05, 4.69) is 41.4 Å². The summed E-state index contributed by atoms with van der Waals surface area (Å²) in [5.41, 5.74) is 7.91. The van der Waals surface area contributed by atoms with Crippen LogP contribution in [-0.2, 0) is 11.2 Å². The van der Waals surface area contributed by atoms with Gasteiger partial charge in [-0.15, -0.1) is 0 Å². The number of nitrogens with one attached hydrogen (secondary N) is 1. The second-order valence-electron chi connectivity index (χ2n) is 4.92. The number of likely N-dealkylation sites (N-methyl/N-ethyl adjacent to an activating group) is 1. The van der Waals surface area contributed by atoms with E-state index in [-0.39, 0.29) is 11.9 Å². The summed E-state index contributed by atoms with van der Waals surface area (Å²) in [6.45, 7) is 3.15. The minimum absolute atomic E-state index is 0.0135. The average Bonchev–Trinajstić information content (AvgIpc) is 2.39. The standard InChI is InChI=1S/C15H25N3O/c1-4-12-5-7-13(8-6-12)14(18(2)3)11-17-15(19)9-10-16/h5-8,14H,4,9-11,16H2,1-3H3,(H,17,19). The number of rotatable bonds is 7. The molecule has 0 radical (unpaired) electrons. The summed E-state index contributed by atoms with van der Waals surface area (Å²) in [4.78, 5) is 13.6. The van der Waals surface area contributed by atoms with Crippen molar-refractivity contribution in [2.75, 3.05) is 27.2 Å². The van der Waals surface area contributed by atoms with Gasteiger partial charge in [0.2, 0.25) is 5.91 Å². The van der Waals surface area contributed by atoms with E-state index in [1.807, 2.05) is 14.1 Å². The second-order valence-corrected chi connectivity index (χ2v) is 4.92. The molecule has 0 saturated carbocycles. The molecule has 1 aromatic rings. The molecule has 4 heteroatoms. The number of hydrogen-bond acceptors (Lipinski definition) is 3. The molecule has 0 saturated heterocycles. The number of nitrogens with zero attached hydrogens (tertiary/aromatic N) is 1. The van der Waals surface area contributed by atoms with Gasteiger partial charge in [0.1, 0.15) is 0 Å². The zero-order valence-electron chi connectivity index (χ0n) is 12.1. The molecular weight excluding hydrogens is 238 g/mol. The van der Waals surface area contributed by atoms with E-state index in [0.717, 1.165) is 6.42 Å². The highest BCUT2D eigenvalue weighted by atomic mass is 16.1. The van der Waals surface area contributed by atoms with Crippen LogP contribution in [0.15, 0.2) is 24.3 Å². The maximum Gasteiger partial charge on any atom is 0.221 e. The molecule has 106 valence electrons. The van der Waals surface area contributed by atoms with Gasteiger partial charge in [0.05, 0.1) is 6.04 Å². The van der Waals surface area contributed by atoms with Crippen LogP contribution in [0.2, 0.25) is 0 Å². The van der Waals surface area contributed by atoms with Crippen LogP contribution in [0.3, 0.4) is 0 Å². The van der Waals surface area contributed by atoms with Gasteiger partial charge in [0.25, 0.3) is 0 Å². The van der Waals surface area contributed by atoms with Crippen LogP contribution >= 0.6 is 0 Å². The third-order valence-corrected chi connectivity index (χ3v) is 3.26. The molecule has 1 atom stereocenters. The van der Waals surface area contributed by atoms with Crippen molar-refractivity contribution in [3.05, 3.63) is 35.4 Å². The minimum atomic E-state index is 0.0135. The summed E-state index contributed by atoms with van der Waals surface area (Å²) in [6, 6.07) is 8.76. The molecule has 0 aliphatic heterocycles. The highest BCUT2D eigenvalue weighted by molar-refractivity contribution is 5.76. The molecule has 0 aromatic heterocycles. The molecule has 0 spiro atoms. The van der Waals surface area contributed by atoms with Crippen molar-refractivity contribution < 1.29 is 4.79 Å². The van der Waals surface area contributed by atoms with Crippen molar-refractivity contribution in [3.8, 4) is 0 Å². The van der Waals surface area contributed by atoms with E-state index >= 15 is 0 Å². The minimum Gasteiger partial charge on any atom is -0.354 e. The van der Waals surface area contributed by atoms with E-state index in [9.17, 15) is 4.79 Å². The number of aryl methyl sites for hydroxylation is 1. The zero-order chi connectivity index (χ0) is 14.3. The van der Waals surface area contributed by atoms with Crippen LogP contribution < -0.4 is 11.1 Å². The first-order chi connectivity index (χ1) is 9.08. The Kier molecular flexibility index (Phi) is 6.53. The van der Waals surface area contributed by atoms with Gasteiger partial charge in [-0.25, -0.2) is 0 Å². The molecule has 0 fully saturated rings. The quantitative estimate of drug-likeness (QED) is 0.780. The molecule has 4 nitrogen and oxygen atoms in total. The lowest BCUT2D eigenvalue weighted by Crippen LogP contribution is -2.35. The number of hydrogen-bond donors (Lipinski definition) is 2. The summed E-state index contributed by atoms with van der Waals surface area (Å²) in [5, 5.41) is 2.93. The van der Waals surface area contributed by atoms with Gasteiger partial charge in [-0.3, -0.25) is 4.79 Å². The van der Waals surface area contributed by atoms with E-state index in [4.69, 9.17) is 5.73 Å². The maximum atomic E-state index is 11.5. The molecule has 1 aromatic carbocycles. The third-order valence-electron chi connectivity index (χ3n) is 3.26. The van der Waals surface area contributed by atoms with Gasteiger partial charge in [-0.2, -0.15) is 0 Å². The largest absolute Gasteiger partial charge is 0.354 e. The smallest absolute Gasteiger partial charge is 0.221 e. The van der Waals surface area contributed by atoms with Crippen LogP contribution in [0.25, 0.3) is 0 Å². The fraction of sp³-hybridized carbons (Fsp3) is 0.533. The van der Waals surface area contributed by atoms with Crippen molar-refractivity contribution in [1.82, 2.24) is 10.2 Å². The molecular formula is C15H25N3O. The molecule has 1 amide bonds. The van der Waals surface area contributed by atoms with E-state index in [1.165, 1.54) is 11.1 Å². The Labute approximate surface area is 116 Å². The normalized spacial score (nSPS) is 12.5. The highest BCUT2D eigenvalue weighted by Gasteiger charge is 2.14. The third kappa shape index (κ3) is 5.01. The van der Waals surface area contributed by atoms with Crippen LogP contribution in [0.5, 0.6) is 0 Å². The van der Waals surface area contributed by atoms with E-state index in [1.54, 1.807) is 0 Å². The van der Waals surface area contributed by atoms with Crippen molar-refractivity contribution in [2.24, 2.45) is 5.73 Å². The molecule has 0 aliphatic carbocycles. The monoisotopic (exact) mass is 263 g/mol. The number of carbonyl (C=O) groups excluding carboxylic acids is 1. The van der Waals surface area contributed by atoms with Gasteiger partial charge in [-0.05, 0) is 31.6 Å². The zero-order valence-corrected chi connectivity index (χ0v) is 12.1. The predicted octanol–water partition coefficient (Wildman–Crippen LogP) is 1.32. The molecule has 3 N–H and O–H groups in total. The Morgan fingerprint density at radius 1 is 1.32 bits per heavy atom. The molecule has 1 rings (SSSR count). The number of amides is 1. The summed E-state index contributed by atoms with van der Waals surface area (Å²) < 4.78 is 0. The lowest BCUT2D eigenvalue weighted by molar-refractivity contribution is -0.121. The topological polar surface area (TPSA) is 58.4 Å². The Morgan fingerprint density at radius 2 is 1.95 bits per heavy atom. The predicted molar refractivity (Wildman–Crippen MR) is 78.9 cm³/mol. The lowest BCUT2D eigenvalue weighted by atomic mass is 10.0. The Bertz CT molecular complexity index is 387. The van der Waals surface area contributed by atoms with E-state index in [0.29, 0.717) is 19.5 Å². The Hall–Kier alpha value is -1.39. The Balaban J connectivity index is 2.68. The van der Waals surface area contributed by atoms with Gasteiger partial charge in [0, 0.05) is 19.5 Å². The highest BCUT2D eigenvalue weighted by Crippen LogP contribution is 2.18. The van der Waals surface area contributed by atoms with Gasteiger partial charge in [-0.1, -0.05) is 31.2 Å². The van der Waals surface area contributed by atoms with Crippen LogP contribution in [0.1, 0.15) is 30.5 Å². The maximum absolute atomic E-state index is 11.5. The summed E-state index contributed by atoms with van der Waals surface area (Å²) in [5.74, 6) is 0.0135. The number of benzene rings is 1. The van der Waals surface area contributed by atoms with Crippen molar-refractivity contribution in [2.45, 2.75) is 25.8 Å². The average molecular weight is 263 g/mol. The van der Waals surface area contributed by atoms with Crippen LogP contribution in [0, 0.1) is 0 Å². The fourth-order valence-electron chi connectivity index (χ4n) is 2.00. The fourth-order valence-corrected chi connectivity index (χ4v) is 2.00. The summed E-state index contributed by atoms with van der Waals surface area (Å²) >= 11 is 0. The van der Waals surface area contributed by atoms with E-state index < -0.39 is 0 Å². The first kappa shape index (κ1) is 15.7. The molecule has 0 aliphatic rings. The second kappa shape index (κ2) is 7.92. The van der Waals surface area contributed by atoms with Gasteiger partial charge < -0.3 is 16.0 Å². The number of nitrogens with two attached hydrogens (primary N) is 1. The molecule has 0 bridgehead atoms. The molecule has 19 heavy (non-hydrogen) atoms. The first-order valence-electron chi connectivity index (χ1n) is 6.80. The first-order valence-corrected chi connectivity index (χ1v) is 6.80. The van der Waals surface area contributed by atoms with Crippen molar-refractivity contribution >= 4 is 5.91 Å². The molecule has 1 unspecified atom stereocenters. The van der Waals surface area contributed by atoms with Gasteiger partial charge >= 0.3 is 0 Å². The lowest BCUT2D eigenvalue weighted by Gasteiger charge is -2.25. The van der Waals surface area contributed by atoms with Crippen molar-refractivity contribution in [3.63, 3.8) is 0 Å².